The van der Waals surface area contributed by atoms with Gasteiger partial charge in [-0.2, -0.15) is 4.31 Å². The van der Waals surface area contributed by atoms with Crippen molar-refractivity contribution in [2.24, 2.45) is 0 Å². The van der Waals surface area contributed by atoms with Crippen LogP contribution in [0.2, 0.25) is 0 Å². The molecule has 1 N–H and O–H groups in total. The van der Waals surface area contributed by atoms with Gasteiger partial charge in [0.1, 0.15) is 5.75 Å². The molecule has 0 spiro atoms. The van der Waals surface area contributed by atoms with Crippen molar-refractivity contribution in [3.05, 3.63) is 54.1 Å². The Hall–Kier alpha value is -2.42. The molecule has 1 amide bonds. The van der Waals surface area contributed by atoms with E-state index in [1.807, 2.05) is 42.2 Å². The number of sulfonamides is 1. The summed E-state index contributed by atoms with van der Waals surface area (Å²) in [5, 5.41) is 2.90. The van der Waals surface area contributed by atoms with Crippen molar-refractivity contribution in [2.75, 3.05) is 38.6 Å². The van der Waals surface area contributed by atoms with Crippen molar-refractivity contribution in [3.8, 4) is 5.75 Å². The number of amides is 1. The van der Waals surface area contributed by atoms with Gasteiger partial charge in [-0.3, -0.25) is 9.69 Å². The second-order valence-electron chi connectivity index (χ2n) is 8.06. The first-order chi connectivity index (χ1) is 14.7. The smallest absolute Gasteiger partial charge is 0.243 e. The molecule has 0 saturated carbocycles. The number of nitrogens with zero attached hydrogens (tertiary/aromatic N) is 2. The average Bonchev–Trinajstić information content (AvgIpc) is 2.78. The second-order valence-corrected chi connectivity index (χ2v) is 10.00. The highest BCUT2D eigenvalue weighted by atomic mass is 32.2. The molecule has 3 rings (SSSR count). The molecule has 1 saturated heterocycles. The van der Waals surface area contributed by atoms with Crippen LogP contribution in [0.1, 0.15) is 32.3 Å². The summed E-state index contributed by atoms with van der Waals surface area (Å²) in [5.41, 5.74) is 1.78. The molecule has 8 heteroatoms. The minimum atomic E-state index is -3.54. The van der Waals surface area contributed by atoms with Crippen molar-refractivity contribution in [1.29, 1.82) is 0 Å². The first-order valence-corrected chi connectivity index (χ1v) is 12.0. The highest BCUT2D eigenvalue weighted by molar-refractivity contribution is 7.89. The summed E-state index contributed by atoms with van der Waals surface area (Å²) in [6, 6.07) is 13.9. The van der Waals surface area contributed by atoms with Gasteiger partial charge >= 0.3 is 0 Å². The molecule has 168 valence electrons. The van der Waals surface area contributed by atoms with E-state index in [0.717, 1.165) is 5.56 Å². The largest absolute Gasteiger partial charge is 0.497 e. The molecule has 0 aliphatic carbocycles. The van der Waals surface area contributed by atoms with Gasteiger partial charge < -0.3 is 10.1 Å². The minimum absolute atomic E-state index is 0.131. The summed E-state index contributed by atoms with van der Waals surface area (Å²) in [6.07, 6.45) is 0. The number of methoxy groups -OCH3 is 1. The van der Waals surface area contributed by atoms with E-state index in [9.17, 15) is 13.2 Å². The summed E-state index contributed by atoms with van der Waals surface area (Å²) < 4.78 is 32.7. The Morgan fingerprint density at radius 1 is 1.00 bits per heavy atom. The van der Waals surface area contributed by atoms with Crippen molar-refractivity contribution in [3.63, 3.8) is 0 Å². The number of hydrogen-bond donors (Lipinski definition) is 1. The summed E-state index contributed by atoms with van der Waals surface area (Å²) in [7, 11) is -1.96. The lowest BCUT2D eigenvalue weighted by molar-refractivity contribution is -0.121. The molecule has 1 heterocycles. The molecule has 31 heavy (non-hydrogen) atoms. The third-order valence-electron chi connectivity index (χ3n) is 5.72. The average molecular weight is 446 g/mol. The zero-order chi connectivity index (χ0) is 22.6. The molecule has 2 aromatic rings. The van der Waals surface area contributed by atoms with Gasteiger partial charge in [-0.25, -0.2) is 8.42 Å². The Morgan fingerprint density at radius 3 is 2.23 bits per heavy atom. The Balaban J connectivity index is 1.59. The number of carbonyl (C=O) groups excluding carboxylic acids is 1. The zero-order valence-electron chi connectivity index (χ0n) is 18.5. The molecule has 0 aromatic heterocycles. The van der Waals surface area contributed by atoms with Crippen LogP contribution in [0, 0.1) is 0 Å². The Morgan fingerprint density at radius 2 is 1.65 bits per heavy atom. The van der Waals surface area contributed by atoms with Crippen LogP contribution in [0.4, 0.5) is 5.69 Å². The van der Waals surface area contributed by atoms with Crippen LogP contribution < -0.4 is 10.1 Å². The van der Waals surface area contributed by atoms with E-state index in [-0.39, 0.29) is 11.9 Å². The highest BCUT2D eigenvalue weighted by Gasteiger charge is 2.31. The third kappa shape index (κ3) is 5.44. The number of hydrogen-bond acceptors (Lipinski definition) is 5. The van der Waals surface area contributed by atoms with E-state index in [1.165, 1.54) is 4.31 Å². The van der Waals surface area contributed by atoms with Crippen LogP contribution in [0.5, 0.6) is 5.75 Å². The van der Waals surface area contributed by atoms with E-state index in [0.29, 0.717) is 48.4 Å². The molecule has 2 aromatic carbocycles. The molecule has 0 radical (unpaired) electrons. The summed E-state index contributed by atoms with van der Waals surface area (Å²) in [5.74, 6) is 0.893. The van der Waals surface area contributed by atoms with Gasteiger partial charge in [0.15, 0.2) is 0 Å². The van der Waals surface area contributed by atoms with Gasteiger partial charge in [0.2, 0.25) is 15.9 Å². The van der Waals surface area contributed by atoms with Crippen molar-refractivity contribution in [1.82, 2.24) is 9.21 Å². The monoisotopic (exact) mass is 445 g/mol. The number of nitrogens with one attached hydrogen (secondary N) is 1. The fourth-order valence-corrected chi connectivity index (χ4v) is 5.04. The third-order valence-corrected chi connectivity index (χ3v) is 7.64. The lowest BCUT2D eigenvalue weighted by atomic mass is 10.0. The van der Waals surface area contributed by atoms with Crippen LogP contribution >= 0.6 is 0 Å². The van der Waals surface area contributed by atoms with Gasteiger partial charge in [0, 0.05) is 37.9 Å². The number of rotatable bonds is 7. The summed E-state index contributed by atoms with van der Waals surface area (Å²) in [4.78, 5) is 15.0. The first-order valence-electron chi connectivity index (χ1n) is 10.5. The molecule has 1 aliphatic rings. The number of piperazine rings is 1. The normalized spacial score (nSPS) is 16.8. The van der Waals surface area contributed by atoms with Gasteiger partial charge in [0.05, 0.1) is 18.0 Å². The van der Waals surface area contributed by atoms with E-state index in [2.05, 4.69) is 19.2 Å². The lowest BCUT2D eigenvalue weighted by Crippen LogP contribution is -2.53. The standard InChI is InChI=1S/C23H31N3O4S/c1-17(2)19-8-10-22(11-9-19)31(28,29)26-14-12-25(13-15-26)18(3)23(27)24-20-6-5-7-21(16-20)30-4/h5-11,16-18H,12-15H2,1-4H3,(H,24,27). The number of carbonyl (C=O) groups is 1. The van der Waals surface area contributed by atoms with E-state index in [4.69, 9.17) is 4.74 Å². The fourth-order valence-electron chi connectivity index (χ4n) is 3.62. The number of ether oxygens (including phenoxy) is 1. The Kier molecular flexibility index (Phi) is 7.35. The summed E-state index contributed by atoms with van der Waals surface area (Å²) in [6.45, 7) is 7.69. The van der Waals surface area contributed by atoms with Crippen LogP contribution in [-0.2, 0) is 14.8 Å². The van der Waals surface area contributed by atoms with Crippen molar-refractivity contribution >= 4 is 21.6 Å². The molecule has 0 bridgehead atoms. The summed E-state index contributed by atoms with van der Waals surface area (Å²) >= 11 is 0. The van der Waals surface area contributed by atoms with Crippen LogP contribution in [0.25, 0.3) is 0 Å². The molecule has 7 nitrogen and oxygen atoms in total. The van der Waals surface area contributed by atoms with Crippen LogP contribution in [0.15, 0.2) is 53.4 Å². The molecular weight excluding hydrogens is 414 g/mol. The SMILES string of the molecule is COc1cccc(NC(=O)C(C)N2CCN(S(=O)(=O)c3ccc(C(C)C)cc3)CC2)c1. The number of benzene rings is 2. The molecule has 1 fully saturated rings. The maximum atomic E-state index is 13.0. The quantitative estimate of drug-likeness (QED) is 0.708. The van der Waals surface area contributed by atoms with Crippen LogP contribution in [-0.4, -0.2) is 62.9 Å². The topological polar surface area (TPSA) is 79.0 Å². The Labute approximate surface area is 185 Å². The maximum absolute atomic E-state index is 13.0. The second kappa shape index (κ2) is 9.80. The van der Waals surface area contributed by atoms with Crippen molar-refractivity contribution in [2.45, 2.75) is 37.6 Å². The number of anilines is 1. The highest BCUT2D eigenvalue weighted by Crippen LogP contribution is 2.22. The maximum Gasteiger partial charge on any atom is 0.243 e. The fraction of sp³-hybridized carbons (Fsp3) is 0.435. The minimum Gasteiger partial charge on any atom is -0.497 e. The van der Waals surface area contributed by atoms with Gasteiger partial charge in [-0.15, -0.1) is 0 Å². The predicted molar refractivity (Wildman–Crippen MR) is 122 cm³/mol. The van der Waals surface area contributed by atoms with Crippen molar-refractivity contribution < 1.29 is 17.9 Å². The molecular formula is C23H31N3O4S. The van der Waals surface area contributed by atoms with Gasteiger partial charge in [-0.1, -0.05) is 32.0 Å². The van der Waals surface area contributed by atoms with E-state index < -0.39 is 10.0 Å². The van der Waals surface area contributed by atoms with Gasteiger partial charge in [-0.05, 0) is 42.7 Å². The predicted octanol–water partition coefficient (Wildman–Crippen LogP) is 3.15. The van der Waals surface area contributed by atoms with E-state index in [1.54, 1.807) is 25.3 Å². The molecule has 1 unspecified atom stereocenters. The first kappa shape index (κ1) is 23.2. The van der Waals surface area contributed by atoms with E-state index >= 15 is 0 Å². The molecule has 1 aliphatic heterocycles. The Bertz CT molecular complexity index is 998. The van der Waals surface area contributed by atoms with Gasteiger partial charge in [0.25, 0.3) is 0 Å². The molecule has 1 atom stereocenters. The lowest BCUT2D eigenvalue weighted by Gasteiger charge is -2.36. The van der Waals surface area contributed by atoms with Crippen LogP contribution in [0.3, 0.4) is 0 Å². The zero-order valence-corrected chi connectivity index (χ0v) is 19.4.